The zero-order valence-electron chi connectivity index (χ0n) is 9.74. The molecular formula is C13H12O3S2. The van der Waals surface area contributed by atoms with E-state index in [2.05, 4.69) is 0 Å². The van der Waals surface area contributed by atoms with Crippen molar-refractivity contribution in [3.63, 3.8) is 0 Å². The molecule has 0 amide bonds. The summed E-state index contributed by atoms with van der Waals surface area (Å²) in [7, 11) is -3.46. The van der Waals surface area contributed by atoms with Crippen molar-refractivity contribution in [2.75, 3.05) is 6.26 Å². The van der Waals surface area contributed by atoms with Gasteiger partial charge in [0, 0.05) is 9.79 Å². The molecule has 2 rings (SSSR count). The summed E-state index contributed by atoms with van der Waals surface area (Å²) in [6.07, 6.45) is 1.03. The lowest BCUT2D eigenvalue weighted by atomic mass is 10.3. The average Bonchev–Trinajstić information content (AvgIpc) is 2.31. The van der Waals surface area contributed by atoms with Crippen molar-refractivity contribution >= 4 is 21.9 Å². The van der Waals surface area contributed by atoms with Gasteiger partial charge in [0.15, 0.2) is 0 Å². The van der Waals surface area contributed by atoms with Gasteiger partial charge in [-0.05, 0) is 36.4 Å². The highest BCUT2D eigenvalue weighted by Crippen LogP contribution is 2.28. The third-order valence-electron chi connectivity index (χ3n) is 2.05. The third kappa shape index (κ3) is 4.09. The highest BCUT2D eigenvalue weighted by atomic mass is 32.2. The summed E-state index contributed by atoms with van der Waals surface area (Å²) >= 11 is 1.61. The number of hydrogen-bond acceptors (Lipinski definition) is 4. The number of benzene rings is 2. The summed E-state index contributed by atoms with van der Waals surface area (Å²) in [5.74, 6) is 0.329. The van der Waals surface area contributed by atoms with Gasteiger partial charge in [0.2, 0.25) is 0 Å². The minimum absolute atomic E-state index is 0.329. The van der Waals surface area contributed by atoms with Crippen LogP contribution in [-0.2, 0) is 10.1 Å². The molecule has 94 valence electrons. The van der Waals surface area contributed by atoms with E-state index >= 15 is 0 Å². The zero-order chi connectivity index (χ0) is 13.0. The second kappa shape index (κ2) is 5.46. The molecule has 0 bridgehead atoms. The average molecular weight is 280 g/mol. The van der Waals surface area contributed by atoms with Gasteiger partial charge in [0.25, 0.3) is 0 Å². The monoisotopic (exact) mass is 280 g/mol. The van der Waals surface area contributed by atoms with Crippen LogP contribution in [0.4, 0.5) is 0 Å². The summed E-state index contributed by atoms with van der Waals surface area (Å²) in [4.78, 5) is 2.16. The van der Waals surface area contributed by atoms with Crippen molar-refractivity contribution in [3.05, 3.63) is 54.6 Å². The van der Waals surface area contributed by atoms with Crippen LogP contribution in [0.2, 0.25) is 0 Å². The minimum Gasteiger partial charge on any atom is -0.383 e. The first-order valence-corrected chi connectivity index (χ1v) is 7.89. The van der Waals surface area contributed by atoms with Crippen molar-refractivity contribution in [3.8, 4) is 5.75 Å². The van der Waals surface area contributed by atoms with Crippen LogP contribution in [-0.4, -0.2) is 14.7 Å². The summed E-state index contributed by atoms with van der Waals surface area (Å²) in [5.41, 5.74) is 0. The van der Waals surface area contributed by atoms with Gasteiger partial charge in [-0.25, -0.2) is 0 Å². The fourth-order valence-electron chi connectivity index (χ4n) is 1.36. The van der Waals surface area contributed by atoms with Gasteiger partial charge < -0.3 is 4.18 Å². The molecule has 0 atom stereocenters. The van der Waals surface area contributed by atoms with Crippen LogP contribution >= 0.6 is 11.8 Å². The van der Waals surface area contributed by atoms with E-state index in [0.29, 0.717) is 5.75 Å². The van der Waals surface area contributed by atoms with Crippen molar-refractivity contribution in [2.24, 2.45) is 0 Å². The molecule has 0 spiro atoms. The maximum atomic E-state index is 10.9. The highest BCUT2D eigenvalue weighted by molar-refractivity contribution is 7.99. The molecule has 2 aromatic rings. The molecule has 0 N–H and O–H groups in total. The lowest BCUT2D eigenvalue weighted by Crippen LogP contribution is -2.05. The summed E-state index contributed by atoms with van der Waals surface area (Å²) in [6.45, 7) is 0. The molecule has 3 nitrogen and oxygen atoms in total. The van der Waals surface area contributed by atoms with E-state index in [1.807, 2.05) is 42.5 Å². The Balaban J connectivity index is 2.09. The smallest absolute Gasteiger partial charge is 0.306 e. The second-order valence-corrected chi connectivity index (χ2v) is 6.40. The first-order chi connectivity index (χ1) is 8.53. The molecule has 5 heteroatoms. The van der Waals surface area contributed by atoms with Crippen molar-refractivity contribution < 1.29 is 12.6 Å². The fraction of sp³-hybridized carbons (Fsp3) is 0.0769. The molecule has 18 heavy (non-hydrogen) atoms. The van der Waals surface area contributed by atoms with Crippen molar-refractivity contribution in [2.45, 2.75) is 9.79 Å². The SMILES string of the molecule is CS(=O)(=O)Oc1ccc(Sc2ccccc2)cc1. The second-order valence-electron chi connectivity index (χ2n) is 3.67. The van der Waals surface area contributed by atoms with E-state index < -0.39 is 10.1 Å². The van der Waals surface area contributed by atoms with Crippen LogP contribution < -0.4 is 4.18 Å². The van der Waals surface area contributed by atoms with Crippen LogP contribution in [0.5, 0.6) is 5.75 Å². The fourth-order valence-corrected chi connectivity index (χ4v) is 2.66. The Hall–Kier alpha value is -1.46. The molecule has 0 aliphatic heterocycles. The van der Waals surface area contributed by atoms with Crippen LogP contribution in [0.1, 0.15) is 0 Å². The van der Waals surface area contributed by atoms with Crippen molar-refractivity contribution in [1.82, 2.24) is 0 Å². The van der Waals surface area contributed by atoms with E-state index in [4.69, 9.17) is 4.18 Å². The highest BCUT2D eigenvalue weighted by Gasteiger charge is 2.04. The Morgan fingerprint density at radius 1 is 0.889 bits per heavy atom. The van der Waals surface area contributed by atoms with Crippen LogP contribution in [0, 0.1) is 0 Å². The van der Waals surface area contributed by atoms with E-state index in [-0.39, 0.29) is 0 Å². The maximum absolute atomic E-state index is 10.9. The van der Waals surface area contributed by atoms with Gasteiger partial charge in [-0.2, -0.15) is 8.42 Å². The zero-order valence-corrected chi connectivity index (χ0v) is 11.4. The van der Waals surface area contributed by atoms with Gasteiger partial charge in [-0.1, -0.05) is 30.0 Å². The Morgan fingerprint density at radius 3 is 2.00 bits per heavy atom. The van der Waals surface area contributed by atoms with Crippen molar-refractivity contribution in [1.29, 1.82) is 0 Å². The summed E-state index contributed by atoms with van der Waals surface area (Å²) < 4.78 is 26.7. The van der Waals surface area contributed by atoms with Crippen LogP contribution in [0.15, 0.2) is 64.4 Å². The molecule has 0 saturated carbocycles. The van der Waals surface area contributed by atoms with Gasteiger partial charge in [0.1, 0.15) is 5.75 Å². The third-order valence-corrected chi connectivity index (χ3v) is 3.56. The molecule has 0 aliphatic rings. The summed E-state index contributed by atoms with van der Waals surface area (Å²) in [5, 5.41) is 0. The Bertz CT molecular complexity index is 604. The molecule has 2 aromatic carbocycles. The first-order valence-electron chi connectivity index (χ1n) is 5.25. The van der Waals surface area contributed by atoms with E-state index in [1.54, 1.807) is 23.9 Å². The molecule has 0 aromatic heterocycles. The molecule has 0 heterocycles. The molecule has 0 saturated heterocycles. The summed E-state index contributed by atoms with van der Waals surface area (Å²) in [6, 6.07) is 16.9. The molecule has 0 unspecified atom stereocenters. The van der Waals surface area contributed by atoms with Gasteiger partial charge in [-0.15, -0.1) is 0 Å². The quantitative estimate of drug-likeness (QED) is 0.807. The lowest BCUT2D eigenvalue weighted by Gasteiger charge is -2.04. The Labute approximate surface area is 111 Å². The molecular weight excluding hydrogens is 268 g/mol. The number of hydrogen-bond donors (Lipinski definition) is 0. The normalized spacial score (nSPS) is 11.2. The van der Waals surface area contributed by atoms with Gasteiger partial charge in [0.05, 0.1) is 6.26 Å². The Morgan fingerprint density at radius 2 is 1.44 bits per heavy atom. The lowest BCUT2D eigenvalue weighted by molar-refractivity contribution is 0.493. The minimum atomic E-state index is -3.46. The first kappa shape index (κ1) is 13.0. The largest absolute Gasteiger partial charge is 0.383 e. The maximum Gasteiger partial charge on any atom is 0.306 e. The predicted octanol–water partition coefficient (Wildman–Crippen LogP) is 3.18. The van der Waals surface area contributed by atoms with E-state index in [9.17, 15) is 8.42 Å². The standard InChI is InChI=1S/C13H12O3S2/c1-18(14,15)16-11-7-9-13(10-8-11)17-12-5-3-2-4-6-12/h2-10H,1H3. The number of rotatable bonds is 4. The van der Waals surface area contributed by atoms with E-state index in [0.717, 1.165) is 16.0 Å². The predicted molar refractivity (Wildman–Crippen MR) is 72.5 cm³/mol. The van der Waals surface area contributed by atoms with E-state index in [1.165, 1.54) is 0 Å². The molecule has 0 radical (unpaired) electrons. The topological polar surface area (TPSA) is 43.4 Å². The van der Waals surface area contributed by atoms with Crippen LogP contribution in [0.25, 0.3) is 0 Å². The van der Waals surface area contributed by atoms with Gasteiger partial charge >= 0.3 is 10.1 Å². The molecule has 0 aliphatic carbocycles. The Kier molecular flexibility index (Phi) is 3.93. The molecule has 0 fully saturated rings. The van der Waals surface area contributed by atoms with Gasteiger partial charge in [-0.3, -0.25) is 0 Å². The van der Waals surface area contributed by atoms with Crippen LogP contribution in [0.3, 0.4) is 0 Å².